The van der Waals surface area contributed by atoms with Crippen molar-refractivity contribution in [2.45, 2.75) is 4.90 Å². The molecule has 0 aromatic heterocycles. The highest BCUT2D eigenvalue weighted by Crippen LogP contribution is 2.33. The van der Waals surface area contributed by atoms with E-state index in [0.717, 1.165) is 0 Å². The van der Waals surface area contributed by atoms with Crippen LogP contribution >= 0.6 is 23.2 Å². The van der Waals surface area contributed by atoms with E-state index in [-0.39, 0.29) is 14.9 Å². The third-order valence-corrected chi connectivity index (χ3v) is 4.42. The van der Waals surface area contributed by atoms with E-state index < -0.39 is 10.0 Å². The van der Waals surface area contributed by atoms with E-state index in [9.17, 15) is 8.42 Å². The molecule has 0 aliphatic heterocycles. The first-order chi connectivity index (χ1) is 9.94. The van der Waals surface area contributed by atoms with E-state index in [4.69, 9.17) is 27.9 Å². The molecule has 110 valence electrons. The molecule has 0 spiro atoms. The fourth-order valence-electron chi connectivity index (χ4n) is 1.63. The van der Waals surface area contributed by atoms with Gasteiger partial charge < -0.3 is 4.74 Å². The highest BCUT2D eigenvalue weighted by atomic mass is 35.5. The van der Waals surface area contributed by atoms with Gasteiger partial charge in [-0.25, -0.2) is 0 Å². The largest absolute Gasteiger partial charge is 0.494 e. The summed E-state index contributed by atoms with van der Waals surface area (Å²) in [6.07, 6.45) is 1.19. The van der Waals surface area contributed by atoms with Crippen molar-refractivity contribution in [2.24, 2.45) is 4.40 Å². The van der Waals surface area contributed by atoms with E-state index in [1.165, 1.54) is 37.6 Å². The van der Waals surface area contributed by atoms with Gasteiger partial charge in [0.1, 0.15) is 0 Å². The molecule has 0 aliphatic carbocycles. The lowest BCUT2D eigenvalue weighted by Crippen LogP contribution is -1.97. The van der Waals surface area contributed by atoms with Gasteiger partial charge in [0.25, 0.3) is 10.0 Å². The van der Waals surface area contributed by atoms with Crippen molar-refractivity contribution in [3.8, 4) is 5.75 Å². The van der Waals surface area contributed by atoms with Gasteiger partial charge in [-0.1, -0.05) is 41.4 Å². The molecule has 0 unspecified atom stereocenters. The van der Waals surface area contributed by atoms with Crippen LogP contribution in [0.3, 0.4) is 0 Å². The average Bonchev–Trinajstić information content (AvgIpc) is 2.46. The Morgan fingerprint density at radius 1 is 1.10 bits per heavy atom. The van der Waals surface area contributed by atoms with Gasteiger partial charge in [-0.05, 0) is 29.8 Å². The number of hydrogen-bond donors (Lipinski definition) is 0. The number of benzene rings is 2. The molecule has 2 aromatic carbocycles. The molecule has 0 N–H and O–H groups in total. The maximum atomic E-state index is 12.0. The van der Waals surface area contributed by atoms with Gasteiger partial charge in [0.2, 0.25) is 0 Å². The number of methoxy groups -OCH3 is 1. The van der Waals surface area contributed by atoms with Gasteiger partial charge in [0, 0.05) is 6.21 Å². The molecule has 0 heterocycles. The van der Waals surface area contributed by atoms with Crippen molar-refractivity contribution < 1.29 is 13.2 Å². The van der Waals surface area contributed by atoms with E-state index in [2.05, 4.69) is 4.40 Å². The first-order valence-corrected chi connectivity index (χ1v) is 8.02. The summed E-state index contributed by atoms with van der Waals surface area (Å²) in [4.78, 5) is 0.118. The van der Waals surface area contributed by atoms with Crippen molar-refractivity contribution in [1.29, 1.82) is 0 Å². The Morgan fingerprint density at radius 2 is 1.67 bits per heavy atom. The van der Waals surface area contributed by atoms with Crippen LogP contribution in [-0.4, -0.2) is 21.7 Å². The molecule has 21 heavy (non-hydrogen) atoms. The summed E-state index contributed by atoms with van der Waals surface area (Å²) in [6, 6.07) is 11.0. The van der Waals surface area contributed by atoms with E-state index >= 15 is 0 Å². The fraction of sp³-hybridized carbons (Fsp3) is 0.0714. The molecule has 4 nitrogen and oxygen atoms in total. The molecule has 2 rings (SSSR count). The number of hydrogen-bond acceptors (Lipinski definition) is 3. The van der Waals surface area contributed by atoms with Gasteiger partial charge >= 0.3 is 0 Å². The van der Waals surface area contributed by atoms with Crippen molar-refractivity contribution in [3.05, 3.63) is 58.1 Å². The Morgan fingerprint density at radius 3 is 2.19 bits per heavy atom. The predicted octanol–water partition coefficient (Wildman–Crippen LogP) is 3.81. The minimum atomic E-state index is -3.75. The third kappa shape index (κ3) is 3.75. The van der Waals surface area contributed by atoms with E-state index in [1.807, 2.05) is 0 Å². The van der Waals surface area contributed by atoms with Gasteiger partial charge in [0.15, 0.2) is 5.75 Å². The maximum absolute atomic E-state index is 12.0. The molecule has 0 amide bonds. The van der Waals surface area contributed by atoms with Crippen LogP contribution in [0.5, 0.6) is 5.75 Å². The van der Waals surface area contributed by atoms with Crippen molar-refractivity contribution in [1.82, 2.24) is 0 Å². The van der Waals surface area contributed by atoms with E-state index in [1.54, 1.807) is 18.2 Å². The summed E-state index contributed by atoms with van der Waals surface area (Å²) >= 11 is 12.0. The number of ether oxygens (including phenoxy) is 1. The normalized spacial score (nSPS) is 11.8. The summed E-state index contributed by atoms with van der Waals surface area (Å²) in [5.74, 6) is 0.335. The zero-order valence-corrected chi connectivity index (χ0v) is 13.3. The van der Waals surface area contributed by atoms with Crippen LogP contribution in [0.2, 0.25) is 10.0 Å². The quantitative estimate of drug-likeness (QED) is 0.793. The molecule has 0 saturated carbocycles. The number of sulfonamides is 1. The molecule has 0 fully saturated rings. The minimum absolute atomic E-state index is 0.118. The Kier molecular flexibility index (Phi) is 4.88. The monoisotopic (exact) mass is 343 g/mol. The second-order valence-corrected chi connectivity index (χ2v) is 6.49. The second-order valence-electron chi connectivity index (χ2n) is 4.04. The number of halogens is 2. The summed E-state index contributed by atoms with van der Waals surface area (Å²) in [7, 11) is -2.30. The summed E-state index contributed by atoms with van der Waals surface area (Å²) in [6.45, 7) is 0. The fourth-order valence-corrected chi connectivity index (χ4v) is 3.17. The lowest BCUT2D eigenvalue weighted by molar-refractivity contribution is 0.415. The standard InChI is InChI=1S/C14H11Cl2NO3S/c1-20-14-12(15)7-10(8-13(14)16)9-17-21(18,19)11-5-3-2-4-6-11/h2-9H,1H3/b17-9-. The zero-order chi connectivity index (χ0) is 15.5. The molecule has 0 radical (unpaired) electrons. The van der Waals surface area contributed by atoms with Crippen molar-refractivity contribution in [2.75, 3.05) is 7.11 Å². The number of nitrogens with zero attached hydrogens (tertiary/aromatic N) is 1. The lowest BCUT2D eigenvalue weighted by atomic mass is 10.2. The van der Waals surface area contributed by atoms with Gasteiger partial charge in [-0.15, -0.1) is 0 Å². The van der Waals surface area contributed by atoms with Crippen LogP contribution < -0.4 is 4.74 Å². The zero-order valence-electron chi connectivity index (χ0n) is 11.0. The van der Waals surface area contributed by atoms with Crippen LogP contribution in [0.1, 0.15) is 5.56 Å². The van der Waals surface area contributed by atoms with Crippen molar-refractivity contribution >= 4 is 39.4 Å². The third-order valence-electron chi connectivity index (χ3n) is 2.61. The van der Waals surface area contributed by atoms with Gasteiger partial charge in [-0.3, -0.25) is 0 Å². The second kappa shape index (κ2) is 6.47. The van der Waals surface area contributed by atoms with Crippen molar-refractivity contribution in [3.63, 3.8) is 0 Å². The number of rotatable bonds is 4. The first kappa shape index (κ1) is 15.8. The van der Waals surface area contributed by atoms with Crippen LogP contribution in [-0.2, 0) is 10.0 Å². The Bertz CT molecular complexity index is 751. The topological polar surface area (TPSA) is 55.7 Å². The molecule has 7 heteroatoms. The smallest absolute Gasteiger partial charge is 0.282 e. The lowest BCUT2D eigenvalue weighted by Gasteiger charge is -2.06. The van der Waals surface area contributed by atoms with Crippen LogP contribution in [0, 0.1) is 0 Å². The van der Waals surface area contributed by atoms with Crippen LogP contribution in [0.15, 0.2) is 51.8 Å². The molecule has 0 bridgehead atoms. The average molecular weight is 344 g/mol. The Balaban J connectivity index is 2.34. The Hall–Kier alpha value is -1.56. The SMILES string of the molecule is COc1c(Cl)cc(/C=N\S(=O)(=O)c2ccccc2)cc1Cl. The predicted molar refractivity (Wildman–Crippen MR) is 84.2 cm³/mol. The molecule has 0 saturated heterocycles. The van der Waals surface area contributed by atoms with Crippen LogP contribution in [0.25, 0.3) is 0 Å². The molecule has 2 aromatic rings. The van der Waals surface area contributed by atoms with Crippen LogP contribution in [0.4, 0.5) is 0 Å². The highest BCUT2D eigenvalue weighted by Gasteiger charge is 2.11. The molecule has 0 aliphatic rings. The maximum Gasteiger partial charge on any atom is 0.282 e. The molecular weight excluding hydrogens is 333 g/mol. The first-order valence-electron chi connectivity index (χ1n) is 5.82. The van der Waals surface area contributed by atoms with E-state index in [0.29, 0.717) is 11.3 Å². The highest BCUT2D eigenvalue weighted by molar-refractivity contribution is 7.90. The summed E-state index contributed by atoms with van der Waals surface area (Å²) in [5.41, 5.74) is 0.463. The molecule has 0 atom stereocenters. The summed E-state index contributed by atoms with van der Waals surface area (Å²) < 4.78 is 32.7. The van der Waals surface area contributed by atoms with Gasteiger partial charge in [-0.2, -0.15) is 12.8 Å². The minimum Gasteiger partial charge on any atom is -0.494 e. The Labute approximate surface area is 133 Å². The van der Waals surface area contributed by atoms with Gasteiger partial charge in [0.05, 0.1) is 22.1 Å². The summed E-state index contributed by atoms with van der Waals surface area (Å²) in [5, 5.41) is 0.562. The molecular formula is C14H11Cl2NO3S.